The van der Waals surface area contributed by atoms with Crippen molar-refractivity contribution in [3.63, 3.8) is 0 Å². The van der Waals surface area contributed by atoms with Crippen LogP contribution in [0.15, 0.2) is 12.2 Å². The van der Waals surface area contributed by atoms with E-state index in [2.05, 4.69) is 6.58 Å². The van der Waals surface area contributed by atoms with Gasteiger partial charge < -0.3 is 10.9 Å². The van der Waals surface area contributed by atoms with Gasteiger partial charge in [-0.3, -0.25) is 0 Å². The van der Waals surface area contributed by atoms with Crippen molar-refractivity contribution in [2.75, 3.05) is 6.61 Å². The molecular weight excluding hydrogens is 298 g/mol. The first-order valence-electron chi connectivity index (χ1n) is 6.45. The third kappa shape index (κ3) is 10.4. The zero-order chi connectivity index (χ0) is 16.0. The second-order valence-electron chi connectivity index (χ2n) is 5.21. The van der Waals surface area contributed by atoms with Crippen molar-refractivity contribution in [2.45, 2.75) is 59.2 Å². The van der Waals surface area contributed by atoms with E-state index in [1.807, 2.05) is 6.92 Å². The van der Waals surface area contributed by atoms with Gasteiger partial charge >= 0.3 is 16.4 Å². The molecule has 0 heterocycles. The van der Waals surface area contributed by atoms with Crippen molar-refractivity contribution in [2.24, 2.45) is 0 Å². The predicted octanol–water partition coefficient (Wildman–Crippen LogP) is 2.51. The number of rotatable bonds is 9. The van der Waals surface area contributed by atoms with Crippen LogP contribution in [0.5, 0.6) is 0 Å². The summed E-state index contributed by atoms with van der Waals surface area (Å²) in [4.78, 5) is 11.2. The minimum Gasteiger partial charge on any atom is -0.459 e. The summed E-state index contributed by atoms with van der Waals surface area (Å²) in [5.41, 5.74) is -0.518. The van der Waals surface area contributed by atoms with Crippen molar-refractivity contribution >= 4 is 16.4 Å². The quantitative estimate of drug-likeness (QED) is 0.511. The zero-order valence-corrected chi connectivity index (χ0v) is 14.3. The Kier molecular flexibility index (Phi) is 9.71. The molecule has 0 bridgehead atoms. The molecule has 0 saturated carbocycles. The Bertz CT molecular complexity index is 444. The van der Waals surface area contributed by atoms with Gasteiger partial charge in [-0.05, 0) is 34.1 Å². The first-order valence-corrected chi connectivity index (χ1v) is 7.79. The summed E-state index contributed by atoms with van der Waals surface area (Å²) < 4.78 is 37.7. The van der Waals surface area contributed by atoms with Gasteiger partial charge in [-0.2, -0.15) is 8.42 Å². The molecule has 1 atom stereocenters. The van der Waals surface area contributed by atoms with Gasteiger partial charge in [0.1, 0.15) is 6.10 Å². The molecule has 0 aliphatic heterocycles. The van der Waals surface area contributed by atoms with Crippen molar-refractivity contribution in [3.05, 3.63) is 12.2 Å². The predicted molar refractivity (Wildman–Crippen MR) is 80.3 cm³/mol. The van der Waals surface area contributed by atoms with E-state index in [0.717, 1.165) is 0 Å². The molecule has 3 N–H and O–H groups in total. The monoisotopic (exact) mass is 325 g/mol. The lowest BCUT2D eigenvalue weighted by atomic mass is 10.1. The fourth-order valence-corrected chi connectivity index (χ4v) is 2.04. The minimum absolute atomic E-state index is 0. The van der Waals surface area contributed by atoms with Crippen LogP contribution < -0.4 is 6.15 Å². The van der Waals surface area contributed by atoms with E-state index < -0.39 is 28.1 Å². The van der Waals surface area contributed by atoms with Gasteiger partial charge in [0, 0.05) is 12.0 Å². The van der Waals surface area contributed by atoms with E-state index in [9.17, 15) is 13.2 Å². The maximum absolute atomic E-state index is 11.6. The van der Waals surface area contributed by atoms with Gasteiger partial charge in [0.2, 0.25) is 0 Å². The molecule has 0 fully saturated rings. The summed E-state index contributed by atoms with van der Waals surface area (Å²) in [6.45, 7) is 11.7. The molecule has 0 rings (SSSR count). The molecule has 0 aliphatic rings. The minimum atomic E-state index is -4.05. The highest BCUT2D eigenvalue weighted by molar-refractivity contribution is 7.81. The van der Waals surface area contributed by atoms with Gasteiger partial charge in [-0.25, -0.2) is 13.2 Å². The lowest BCUT2D eigenvalue weighted by Gasteiger charge is -2.22. The largest absolute Gasteiger partial charge is 0.459 e. The van der Waals surface area contributed by atoms with Gasteiger partial charge in [0.25, 0.3) is 0 Å². The zero-order valence-electron chi connectivity index (χ0n) is 13.5. The van der Waals surface area contributed by atoms with Crippen LogP contribution in [0, 0.1) is 0 Å². The molecule has 8 heteroatoms. The lowest BCUT2D eigenvalue weighted by molar-refractivity contribution is -0.143. The van der Waals surface area contributed by atoms with Gasteiger partial charge in [0.05, 0.1) is 12.2 Å². The van der Waals surface area contributed by atoms with E-state index >= 15 is 0 Å². The molecule has 0 aromatic heterocycles. The maximum Gasteiger partial charge on any atom is 0.400 e. The maximum atomic E-state index is 11.6. The molecule has 126 valence electrons. The molecule has 0 aromatic carbocycles. The van der Waals surface area contributed by atoms with E-state index in [1.165, 1.54) is 6.92 Å². The van der Waals surface area contributed by atoms with E-state index in [1.54, 1.807) is 20.8 Å². The van der Waals surface area contributed by atoms with Crippen molar-refractivity contribution < 1.29 is 26.3 Å². The Morgan fingerprint density at radius 1 is 1.33 bits per heavy atom. The molecule has 21 heavy (non-hydrogen) atoms. The Balaban J connectivity index is 0. The molecule has 0 amide bonds. The van der Waals surface area contributed by atoms with E-state index in [0.29, 0.717) is 12.0 Å². The Morgan fingerprint density at radius 2 is 1.86 bits per heavy atom. The summed E-state index contributed by atoms with van der Waals surface area (Å²) in [6.07, 6.45) is 0.310. The number of ether oxygens (including phenoxy) is 1. The number of esters is 1. The van der Waals surface area contributed by atoms with Gasteiger partial charge in [-0.1, -0.05) is 13.5 Å². The topological polar surface area (TPSA) is 114 Å². The average Bonchev–Trinajstić information content (AvgIpc) is 2.26. The molecule has 0 aromatic rings. The van der Waals surface area contributed by atoms with Crippen molar-refractivity contribution in [3.8, 4) is 0 Å². The van der Waals surface area contributed by atoms with Gasteiger partial charge in [-0.15, -0.1) is 0 Å². The summed E-state index contributed by atoms with van der Waals surface area (Å²) in [5, 5.41) is 0. The van der Waals surface area contributed by atoms with Crippen LogP contribution in [-0.2, 0) is 28.3 Å². The van der Waals surface area contributed by atoms with Crippen LogP contribution in [0.3, 0.4) is 0 Å². The fraction of sp³-hybridized carbons (Fsp3) is 0.769. The van der Waals surface area contributed by atoms with Crippen LogP contribution in [-0.4, -0.2) is 32.7 Å². The SMILES string of the molecule is C=C(C)C(=O)OC(C)CCOS(=O)(=O)OC(C)(C)CC.N. The molecule has 0 saturated heterocycles. The highest BCUT2D eigenvalue weighted by atomic mass is 32.3. The normalized spacial score (nSPS) is 13.2. The third-order valence-corrected chi connectivity index (χ3v) is 3.70. The molecule has 0 radical (unpaired) electrons. The van der Waals surface area contributed by atoms with Crippen molar-refractivity contribution in [1.82, 2.24) is 6.15 Å². The molecule has 0 aliphatic carbocycles. The molecular formula is C13H27NO6S. The Morgan fingerprint density at radius 3 is 2.29 bits per heavy atom. The van der Waals surface area contributed by atoms with Crippen LogP contribution in [0.1, 0.15) is 47.5 Å². The second-order valence-corrected chi connectivity index (χ2v) is 6.43. The van der Waals surface area contributed by atoms with E-state index in [4.69, 9.17) is 13.1 Å². The van der Waals surface area contributed by atoms with Crippen LogP contribution >= 0.6 is 0 Å². The van der Waals surface area contributed by atoms with Crippen molar-refractivity contribution in [1.29, 1.82) is 0 Å². The van der Waals surface area contributed by atoms with Crippen LogP contribution in [0.25, 0.3) is 0 Å². The van der Waals surface area contributed by atoms with Crippen LogP contribution in [0.4, 0.5) is 0 Å². The number of carbonyl (C=O) groups excluding carboxylic acids is 1. The highest BCUT2D eigenvalue weighted by Crippen LogP contribution is 2.18. The second kappa shape index (κ2) is 9.14. The lowest BCUT2D eigenvalue weighted by Crippen LogP contribution is -2.29. The Hall–Kier alpha value is -0.960. The number of hydrogen-bond donors (Lipinski definition) is 1. The third-order valence-electron chi connectivity index (χ3n) is 2.59. The van der Waals surface area contributed by atoms with Gasteiger partial charge in [0.15, 0.2) is 0 Å². The summed E-state index contributed by atoms with van der Waals surface area (Å²) >= 11 is 0. The summed E-state index contributed by atoms with van der Waals surface area (Å²) in [5.74, 6) is -0.510. The first-order chi connectivity index (χ1) is 8.99. The fourth-order valence-electron chi connectivity index (χ4n) is 1.02. The van der Waals surface area contributed by atoms with Crippen LogP contribution in [0.2, 0.25) is 0 Å². The number of hydrogen-bond acceptors (Lipinski definition) is 7. The Labute approximate surface area is 127 Å². The summed E-state index contributed by atoms with van der Waals surface area (Å²) in [7, 11) is -4.05. The standard InChI is InChI=1S/C13H24O6S.H3N/c1-7-13(5,6)19-20(15,16)17-9-8-11(4)18-12(14)10(2)3;/h11H,2,7-9H2,1,3-6H3;1H3. The van der Waals surface area contributed by atoms with E-state index in [-0.39, 0.29) is 19.2 Å². The summed E-state index contributed by atoms with van der Waals surface area (Å²) in [6, 6.07) is 0. The molecule has 1 unspecified atom stereocenters. The highest BCUT2D eigenvalue weighted by Gasteiger charge is 2.26. The molecule has 0 spiro atoms. The smallest absolute Gasteiger partial charge is 0.400 e. The first kappa shape index (κ1) is 22.3. The number of carbonyl (C=O) groups is 1. The average molecular weight is 325 g/mol. The molecule has 7 nitrogen and oxygen atoms in total.